The molecule has 0 aliphatic carbocycles. The second kappa shape index (κ2) is 6.89. The number of hydrogen-bond donors (Lipinski definition) is 1. The van der Waals surface area contributed by atoms with Crippen LogP contribution in [-0.4, -0.2) is 30.4 Å². The van der Waals surface area contributed by atoms with Crippen LogP contribution in [0.25, 0.3) is 0 Å². The largest absolute Gasteiger partial charge is 0.326 e. The van der Waals surface area contributed by atoms with Crippen molar-refractivity contribution >= 4 is 11.6 Å². The number of carbonyl (C=O) groups excluding carboxylic acids is 1. The number of nitrogens with zero attached hydrogens (tertiary/aromatic N) is 1. The average molecular weight is 274 g/mol. The van der Waals surface area contributed by atoms with Crippen molar-refractivity contribution in [2.45, 2.75) is 39.5 Å². The van der Waals surface area contributed by atoms with Gasteiger partial charge in [-0.1, -0.05) is 32.9 Å². The highest BCUT2D eigenvalue weighted by molar-refractivity contribution is 5.92. The molecule has 1 fully saturated rings. The van der Waals surface area contributed by atoms with E-state index in [0.717, 1.165) is 12.2 Å². The summed E-state index contributed by atoms with van der Waals surface area (Å²) >= 11 is 0. The van der Waals surface area contributed by atoms with E-state index in [4.69, 9.17) is 0 Å². The third-order valence-electron chi connectivity index (χ3n) is 4.18. The van der Waals surface area contributed by atoms with Crippen molar-refractivity contribution in [1.29, 1.82) is 0 Å². The Balaban J connectivity index is 2.01. The number of nitrogens with one attached hydrogen (secondary N) is 1. The van der Waals surface area contributed by atoms with Crippen molar-refractivity contribution in [2.75, 3.05) is 25.0 Å². The molecule has 1 aromatic carbocycles. The van der Waals surface area contributed by atoms with Crippen LogP contribution in [0.3, 0.4) is 0 Å². The molecule has 1 saturated heterocycles. The first-order valence-electron chi connectivity index (χ1n) is 7.73. The summed E-state index contributed by atoms with van der Waals surface area (Å²) in [5, 5.41) is 2.99. The van der Waals surface area contributed by atoms with Crippen LogP contribution in [0.5, 0.6) is 0 Å². The van der Waals surface area contributed by atoms with E-state index in [1.54, 1.807) is 0 Å². The molecular formula is C17H26N2O. The van der Waals surface area contributed by atoms with Gasteiger partial charge in [0.2, 0.25) is 5.91 Å². The van der Waals surface area contributed by atoms with Crippen molar-refractivity contribution in [1.82, 2.24) is 4.90 Å². The van der Waals surface area contributed by atoms with E-state index in [1.165, 1.54) is 31.5 Å². The molecule has 1 aliphatic heterocycles. The Kier molecular flexibility index (Phi) is 5.18. The first kappa shape index (κ1) is 15.0. The molecule has 0 bridgehead atoms. The average Bonchev–Trinajstić information content (AvgIpc) is 2.47. The number of benzene rings is 1. The molecule has 1 N–H and O–H groups in total. The van der Waals surface area contributed by atoms with Gasteiger partial charge in [0.25, 0.3) is 0 Å². The van der Waals surface area contributed by atoms with E-state index in [1.807, 2.05) is 19.9 Å². The van der Waals surface area contributed by atoms with E-state index in [-0.39, 0.29) is 11.8 Å². The van der Waals surface area contributed by atoms with Gasteiger partial charge >= 0.3 is 0 Å². The number of amides is 1. The second-order valence-corrected chi connectivity index (χ2v) is 5.98. The molecule has 0 spiro atoms. The molecule has 2 rings (SSSR count). The minimum Gasteiger partial charge on any atom is -0.326 e. The fourth-order valence-electron chi connectivity index (χ4n) is 2.74. The number of likely N-dealkylation sites (tertiary alicyclic amines) is 1. The van der Waals surface area contributed by atoms with Crippen LogP contribution < -0.4 is 5.32 Å². The molecule has 1 amide bonds. The van der Waals surface area contributed by atoms with Crippen molar-refractivity contribution in [3.8, 4) is 0 Å². The minimum atomic E-state index is 0.0199. The van der Waals surface area contributed by atoms with Gasteiger partial charge in [-0.15, -0.1) is 0 Å². The van der Waals surface area contributed by atoms with Crippen molar-refractivity contribution in [2.24, 2.45) is 5.92 Å². The zero-order valence-corrected chi connectivity index (χ0v) is 12.9. The zero-order chi connectivity index (χ0) is 14.5. The molecule has 1 aliphatic rings. The third kappa shape index (κ3) is 3.83. The molecule has 0 unspecified atom stereocenters. The summed E-state index contributed by atoms with van der Waals surface area (Å²) in [6.45, 7) is 9.58. The van der Waals surface area contributed by atoms with Crippen LogP contribution in [0.2, 0.25) is 0 Å². The van der Waals surface area contributed by atoms with Gasteiger partial charge in [0, 0.05) is 11.6 Å². The van der Waals surface area contributed by atoms with Gasteiger partial charge in [0.1, 0.15) is 0 Å². The molecule has 1 heterocycles. The van der Waals surface area contributed by atoms with Gasteiger partial charge in [-0.2, -0.15) is 0 Å². The van der Waals surface area contributed by atoms with Crippen LogP contribution in [0.15, 0.2) is 24.3 Å². The maximum atomic E-state index is 11.8. The minimum absolute atomic E-state index is 0.0199. The summed E-state index contributed by atoms with van der Waals surface area (Å²) in [6, 6.07) is 8.37. The van der Waals surface area contributed by atoms with E-state index >= 15 is 0 Å². The summed E-state index contributed by atoms with van der Waals surface area (Å²) in [7, 11) is 0. The second-order valence-electron chi connectivity index (χ2n) is 5.98. The molecular weight excluding hydrogens is 248 g/mol. The SMILES string of the molecule is CCN1CCC(c2cccc(NC(=O)C(C)C)c2)CC1. The van der Waals surface area contributed by atoms with Crippen LogP contribution >= 0.6 is 0 Å². The summed E-state index contributed by atoms with van der Waals surface area (Å²) in [5.41, 5.74) is 2.29. The first-order chi connectivity index (χ1) is 9.60. The molecule has 3 nitrogen and oxygen atoms in total. The molecule has 0 radical (unpaired) electrons. The van der Waals surface area contributed by atoms with Gasteiger partial charge < -0.3 is 10.2 Å². The normalized spacial score (nSPS) is 17.4. The fraction of sp³-hybridized carbons (Fsp3) is 0.588. The Labute approximate surface area is 122 Å². The molecule has 20 heavy (non-hydrogen) atoms. The molecule has 3 heteroatoms. The topological polar surface area (TPSA) is 32.3 Å². The lowest BCUT2D eigenvalue weighted by Gasteiger charge is -2.31. The number of piperidine rings is 1. The highest BCUT2D eigenvalue weighted by atomic mass is 16.1. The maximum Gasteiger partial charge on any atom is 0.226 e. The Morgan fingerprint density at radius 2 is 2.05 bits per heavy atom. The van der Waals surface area contributed by atoms with Crippen LogP contribution in [0.1, 0.15) is 45.1 Å². The molecule has 0 atom stereocenters. The van der Waals surface area contributed by atoms with Crippen molar-refractivity contribution < 1.29 is 4.79 Å². The van der Waals surface area contributed by atoms with E-state index in [2.05, 4.69) is 35.3 Å². The summed E-state index contributed by atoms with van der Waals surface area (Å²) in [6.07, 6.45) is 2.44. The molecule has 0 aromatic heterocycles. The van der Waals surface area contributed by atoms with Gasteiger partial charge in [-0.25, -0.2) is 0 Å². The van der Waals surface area contributed by atoms with E-state index < -0.39 is 0 Å². The van der Waals surface area contributed by atoms with Crippen LogP contribution in [0, 0.1) is 5.92 Å². The Morgan fingerprint density at radius 1 is 1.35 bits per heavy atom. The van der Waals surface area contributed by atoms with Crippen molar-refractivity contribution in [3.05, 3.63) is 29.8 Å². The highest BCUT2D eigenvalue weighted by Crippen LogP contribution is 2.29. The predicted molar refractivity (Wildman–Crippen MR) is 84.0 cm³/mol. The monoisotopic (exact) mass is 274 g/mol. The quantitative estimate of drug-likeness (QED) is 0.911. The lowest BCUT2D eigenvalue weighted by atomic mass is 9.89. The summed E-state index contributed by atoms with van der Waals surface area (Å²) in [5.74, 6) is 0.739. The van der Waals surface area contributed by atoms with Gasteiger partial charge in [0.05, 0.1) is 0 Å². The summed E-state index contributed by atoms with van der Waals surface area (Å²) < 4.78 is 0. The fourth-order valence-corrected chi connectivity index (χ4v) is 2.74. The Morgan fingerprint density at radius 3 is 2.65 bits per heavy atom. The van der Waals surface area contributed by atoms with Crippen LogP contribution in [0.4, 0.5) is 5.69 Å². The maximum absolute atomic E-state index is 11.8. The van der Waals surface area contributed by atoms with Crippen LogP contribution in [-0.2, 0) is 4.79 Å². The third-order valence-corrected chi connectivity index (χ3v) is 4.18. The standard InChI is InChI=1S/C17H26N2O/c1-4-19-10-8-14(9-11-19)15-6-5-7-16(12-15)18-17(20)13(2)3/h5-7,12-14H,4,8-11H2,1-3H3,(H,18,20). The lowest BCUT2D eigenvalue weighted by Crippen LogP contribution is -2.32. The Hall–Kier alpha value is -1.35. The van der Waals surface area contributed by atoms with E-state index in [9.17, 15) is 4.79 Å². The number of rotatable bonds is 4. The lowest BCUT2D eigenvalue weighted by molar-refractivity contribution is -0.118. The highest BCUT2D eigenvalue weighted by Gasteiger charge is 2.19. The summed E-state index contributed by atoms with van der Waals surface area (Å²) in [4.78, 5) is 14.3. The van der Waals surface area contributed by atoms with Gasteiger partial charge in [0.15, 0.2) is 0 Å². The van der Waals surface area contributed by atoms with Gasteiger partial charge in [-0.05, 0) is 56.1 Å². The first-order valence-corrected chi connectivity index (χ1v) is 7.73. The number of anilines is 1. The molecule has 0 saturated carbocycles. The Bertz CT molecular complexity index is 448. The van der Waals surface area contributed by atoms with E-state index in [0.29, 0.717) is 5.92 Å². The number of hydrogen-bond acceptors (Lipinski definition) is 2. The smallest absolute Gasteiger partial charge is 0.226 e. The molecule has 1 aromatic rings. The number of carbonyl (C=O) groups is 1. The van der Waals surface area contributed by atoms with Gasteiger partial charge in [-0.3, -0.25) is 4.79 Å². The zero-order valence-electron chi connectivity index (χ0n) is 12.9. The predicted octanol–water partition coefficient (Wildman–Crippen LogP) is 3.48. The molecule has 110 valence electrons. The van der Waals surface area contributed by atoms with Crippen molar-refractivity contribution in [3.63, 3.8) is 0 Å².